The normalized spacial score (nSPS) is 18.5. The van der Waals surface area contributed by atoms with Crippen LogP contribution >= 0.6 is 0 Å². The summed E-state index contributed by atoms with van der Waals surface area (Å²) in [6.07, 6.45) is 6.79. The monoisotopic (exact) mass is 393 g/mol. The Kier molecular flexibility index (Phi) is 4.65. The number of benzene rings is 2. The summed E-state index contributed by atoms with van der Waals surface area (Å²) in [6, 6.07) is 12.4. The van der Waals surface area contributed by atoms with Crippen molar-refractivity contribution in [3.8, 4) is 29.4 Å². The first-order valence-corrected chi connectivity index (χ1v) is 10.8. The van der Waals surface area contributed by atoms with E-state index in [1.165, 1.54) is 6.07 Å². The lowest BCUT2D eigenvalue weighted by Gasteiger charge is -2.24. The van der Waals surface area contributed by atoms with E-state index in [0.29, 0.717) is 29.1 Å². The fraction of sp³-hybridized carbons (Fsp3) is 0.238. The van der Waals surface area contributed by atoms with E-state index in [9.17, 15) is 13.5 Å². The second-order valence-electron chi connectivity index (χ2n) is 6.92. The Bertz CT molecular complexity index is 1200. The number of anilines is 1. The van der Waals surface area contributed by atoms with Crippen LogP contribution in [0.25, 0.3) is 22.0 Å². The summed E-state index contributed by atoms with van der Waals surface area (Å²) >= 11 is 0. The summed E-state index contributed by atoms with van der Waals surface area (Å²) < 4.78 is 23.9. The summed E-state index contributed by atoms with van der Waals surface area (Å²) in [7, 11) is -3.03. The molecule has 3 aromatic rings. The predicted octanol–water partition coefficient (Wildman–Crippen LogP) is 2.97. The summed E-state index contributed by atoms with van der Waals surface area (Å²) in [6.45, 7) is 0. The number of phenols is 1. The van der Waals surface area contributed by atoms with Crippen LogP contribution < -0.4 is 5.32 Å². The first kappa shape index (κ1) is 18.3. The summed E-state index contributed by atoms with van der Waals surface area (Å²) in [4.78, 5) is 0. The van der Waals surface area contributed by atoms with Gasteiger partial charge < -0.3 is 10.4 Å². The van der Waals surface area contributed by atoms with Gasteiger partial charge in [0, 0.05) is 27.9 Å². The molecule has 0 radical (unpaired) electrons. The van der Waals surface area contributed by atoms with Crippen molar-refractivity contribution in [1.82, 2.24) is 10.2 Å². The van der Waals surface area contributed by atoms with Crippen LogP contribution in [-0.4, -0.2) is 41.3 Å². The molecule has 1 aromatic heterocycles. The van der Waals surface area contributed by atoms with Crippen LogP contribution in [0.15, 0.2) is 42.5 Å². The zero-order valence-corrected chi connectivity index (χ0v) is 15.9. The maximum absolute atomic E-state index is 11.9. The van der Waals surface area contributed by atoms with Crippen molar-refractivity contribution < 1.29 is 13.5 Å². The van der Waals surface area contributed by atoms with Crippen LogP contribution in [0.1, 0.15) is 18.4 Å². The molecule has 0 spiro atoms. The van der Waals surface area contributed by atoms with Crippen molar-refractivity contribution >= 4 is 26.4 Å². The van der Waals surface area contributed by atoms with Gasteiger partial charge in [0.15, 0.2) is 15.7 Å². The summed E-state index contributed by atoms with van der Waals surface area (Å²) in [5.74, 6) is 3.40. The number of hydrogen-bond donors (Lipinski definition) is 2. The number of phenolic OH excluding ortho intramolecular Hbond substituents is 1. The lowest BCUT2D eigenvalue weighted by atomic mass is 10.0. The van der Waals surface area contributed by atoms with Crippen LogP contribution in [0.5, 0.6) is 5.75 Å². The third-order valence-electron chi connectivity index (χ3n) is 4.91. The summed E-state index contributed by atoms with van der Waals surface area (Å²) in [5.41, 5.74) is 1.66. The first-order chi connectivity index (χ1) is 13.5. The Morgan fingerprint density at radius 2 is 1.93 bits per heavy atom. The van der Waals surface area contributed by atoms with Gasteiger partial charge in [0.1, 0.15) is 11.4 Å². The van der Waals surface area contributed by atoms with E-state index in [1.807, 2.05) is 24.3 Å². The lowest BCUT2D eigenvalue weighted by molar-refractivity contribution is 0.477. The Morgan fingerprint density at radius 3 is 2.64 bits per heavy atom. The molecule has 1 aliphatic heterocycles. The predicted molar refractivity (Wildman–Crippen MR) is 110 cm³/mol. The number of aromatic nitrogens is 2. The molecule has 2 heterocycles. The lowest BCUT2D eigenvalue weighted by Crippen LogP contribution is -2.35. The molecular formula is C21H19N3O3S. The smallest absolute Gasteiger partial charge is 0.156 e. The van der Waals surface area contributed by atoms with Crippen molar-refractivity contribution in [3.05, 3.63) is 48.0 Å². The van der Waals surface area contributed by atoms with Gasteiger partial charge in [0.05, 0.1) is 11.5 Å². The quantitative estimate of drug-likeness (QED) is 0.665. The summed E-state index contributed by atoms with van der Waals surface area (Å²) in [5, 5.41) is 23.9. The number of hydrogen-bond acceptors (Lipinski definition) is 6. The average molecular weight is 393 g/mol. The van der Waals surface area contributed by atoms with E-state index in [0.717, 1.165) is 17.2 Å². The third-order valence-corrected chi connectivity index (χ3v) is 6.73. The highest BCUT2D eigenvalue weighted by Gasteiger charge is 2.25. The molecule has 1 saturated heterocycles. The van der Waals surface area contributed by atoms with Crippen molar-refractivity contribution in [2.75, 3.05) is 16.8 Å². The molecule has 1 fully saturated rings. The molecule has 142 valence electrons. The molecule has 0 amide bonds. The van der Waals surface area contributed by atoms with Gasteiger partial charge in [-0.3, -0.25) is 0 Å². The maximum atomic E-state index is 11.9. The van der Waals surface area contributed by atoms with Crippen LogP contribution in [0.4, 0.5) is 5.82 Å². The second kappa shape index (κ2) is 7.13. The Balaban J connectivity index is 1.76. The highest BCUT2D eigenvalue weighted by molar-refractivity contribution is 7.91. The molecule has 0 bridgehead atoms. The van der Waals surface area contributed by atoms with Crippen LogP contribution in [0.3, 0.4) is 0 Å². The number of aromatic hydroxyl groups is 1. The van der Waals surface area contributed by atoms with Crippen molar-refractivity contribution in [2.45, 2.75) is 18.9 Å². The molecule has 0 saturated carbocycles. The minimum Gasteiger partial charge on any atom is -0.507 e. The van der Waals surface area contributed by atoms with Gasteiger partial charge in [-0.2, -0.15) is 0 Å². The minimum atomic E-state index is -3.03. The van der Waals surface area contributed by atoms with Gasteiger partial charge in [-0.15, -0.1) is 16.6 Å². The van der Waals surface area contributed by atoms with Crippen molar-refractivity contribution in [2.24, 2.45) is 0 Å². The van der Waals surface area contributed by atoms with Gasteiger partial charge >= 0.3 is 0 Å². The fourth-order valence-electron chi connectivity index (χ4n) is 3.56. The van der Waals surface area contributed by atoms with E-state index in [4.69, 9.17) is 6.42 Å². The topological polar surface area (TPSA) is 92.2 Å². The molecule has 6 nitrogen and oxygen atoms in total. The van der Waals surface area contributed by atoms with Crippen LogP contribution in [0.2, 0.25) is 0 Å². The molecule has 4 rings (SSSR count). The largest absolute Gasteiger partial charge is 0.507 e. The molecular weight excluding hydrogens is 374 g/mol. The average Bonchev–Trinajstić information content (AvgIpc) is 2.68. The zero-order valence-electron chi connectivity index (χ0n) is 15.1. The van der Waals surface area contributed by atoms with Gasteiger partial charge in [0.2, 0.25) is 0 Å². The highest BCUT2D eigenvalue weighted by Crippen LogP contribution is 2.35. The molecule has 1 unspecified atom stereocenters. The molecule has 1 atom stereocenters. The SMILES string of the molecule is C#Cc1ccc(-c2nnc(NC3CCCS(=O)(=O)C3)c3ccccc23)c(O)c1. The number of nitrogens with zero attached hydrogens (tertiary/aromatic N) is 2. The number of sulfone groups is 1. The van der Waals surface area contributed by atoms with Crippen molar-refractivity contribution in [3.63, 3.8) is 0 Å². The number of rotatable bonds is 3. The number of nitrogens with one attached hydrogen (secondary N) is 1. The number of terminal acetylenes is 1. The van der Waals surface area contributed by atoms with E-state index < -0.39 is 9.84 Å². The molecule has 2 N–H and O–H groups in total. The minimum absolute atomic E-state index is 0.0361. The fourth-order valence-corrected chi connectivity index (χ4v) is 5.20. The molecule has 0 aliphatic carbocycles. The zero-order chi connectivity index (χ0) is 19.7. The first-order valence-electron chi connectivity index (χ1n) is 8.99. The van der Waals surface area contributed by atoms with E-state index >= 15 is 0 Å². The molecule has 1 aliphatic rings. The van der Waals surface area contributed by atoms with Crippen LogP contribution in [0, 0.1) is 12.3 Å². The highest BCUT2D eigenvalue weighted by atomic mass is 32.2. The van der Waals surface area contributed by atoms with E-state index in [-0.39, 0.29) is 23.3 Å². The molecule has 28 heavy (non-hydrogen) atoms. The Labute approximate surface area is 163 Å². The van der Waals surface area contributed by atoms with Gasteiger partial charge in [-0.05, 0) is 31.0 Å². The Morgan fingerprint density at radius 1 is 1.14 bits per heavy atom. The second-order valence-corrected chi connectivity index (χ2v) is 9.15. The van der Waals surface area contributed by atoms with Crippen LogP contribution in [-0.2, 0) is 9.84 Å². The van der Waals surface area contributed by atoms with Gasteiger partial charge in [-0.1, -0.05) is 30.2 Å². The van der Waals surface area contributed by atoms with Gasteiger partial charge in [0.25, 0.3) is 0 Å². The standard InChI is InChI=1S/C21H19N3O3S/c1-2-14-9-10-18(19(25)12-14)20-16-7-3-4-8-17(16)21(24-23-20)22-15-6-5-11-28(26,27)13-15/h1,3-4,7-10,12,15,25H,5-6,11,13H2,(H,22,24). The third kappa shape index (κ3) is 3.51. The van der Waals surface area contributed by atoms with Crippen molar-refractivity contribution in [1.29, 1.82) is 0 Å². The van der Waals surface area contributed by atoms with Gasteiger partial charge in [-0.25, -0.2) is 8.42 Å². The number of fused-ring (bicyclic) bond motifs is 1. The van der Waals surface area contributed by atoms with E-state index in [1.54, 1.807) is 12.1 Å². The maximum Gasteiger partial charge on any atom is 0.156 e. The Hall–Kier alpha value is -3.11. The molecule has 7 heteroatoms. The van der Waals surface area contributed by atoms with E-state index in [2.05, 4.69) is 21.4 Å². The molecule has 2 aromatic carbocycles.